The van der Waals surface area contributed by atoms with Crippen LogP contribution < -0.4 is 0 Å². The minimum atomic E-state index is -0.470. The van der Waals surface area contributed by atoms with E-state index in [1.165, 1.54) is 7.11 Å². The molecular formula is C12H13NO3S. The lowest BCUT2D eigenvalue weighted by molar-refractivity contribution is 0.0564. The molecule has 2 aromatic rings. The molecule has 0 aliphatic carbocycles. The molecule has 0 aliphatic rings. The van der Waals surface area contributed by atoms with Gasteiger partial charge in [-0.2, -0.15) is 11.3 Å². The van der Waals surface area contributed by atoms with Crippen LogP contribution in [0.1, 0.15) is 29.6 Å². The van der Waals surface area contributed by atoms with Crippen molar-refractivity contribution in [1.82, 2.24) is 4.98 Å². The SMILES string of the molecule is CCCc1nc(-c2ccsc2)oc1C(=O)OC. The number of oxazole rings is 1. The Hall–Kier alpha value is -1.62. The number of thiophene rings is 1. The average Bonchev–Trinajstić information content (AvgIpc) is 2.96. The topological polar surface area (TPSA) is 52.3 Å². The number of methoxy groups -OCH3 is 1. The smallest absolute Gasteiger partial charge is 0.376 e. The average molecular weight is 251 g/mol. The molecule has 0 aliphatic heterocycles. The summed E-state index contributed by atoms with van der Waals surface area (Å²) in [5, 5.41) is 3.87. The first-order chi connectivity index (χ1) is 8.26. The zero-order valence-electron chi connectivity index (χ0n) is 9.73. The minimum Gasteiger partial charge on any atom is -0.463 e. The Bertz CT molecular complexity index is 502. The summed E-state index contributed by atoms with van der Waals surface area (Å²) in [7, 11) is 1.34. The van der Waals surface area contributed by atoms with Crippen molar-refractivity contribution in [3.05, 3.63) is 28.3 Å². The Morgan fingerprint density at radius 2 is 2.41 bits per heavy atom. The first-order valence-electron chi connectivity index (χ1n) is 5.36. The van der Waals surface area contributed by atoms with Crippen LogP contribution in [-0.2, 0) is 11.2 Å². The molecule has 2 rings (SSSR count). The molecular weight excluding hydrogens is 238 g/mol. The summed E-state index contributed by atoms with van der Waals surface area (Å²) in [5.74, 6) is 0.230. The third-order valence-corrected chi connectivity index (χ3v) is 3.01. The molecule has 4 nitrogen and oxygen atoms in total. The molecule has 0 saturated carbocycles. The summed E-state index contributed by atoms with van der Waals surface area (Å²) in [6.45, 7) is 2.03. The van der Waals surface area contributed by atoms with E-state index >= 15 is 0 Å². The van der Waals surface area contributed by atoms with E-state index in [9.17, 15) is 4.79 Å². The Labute approximate surface area is 103 Å². The van der Waals surface area contributed by atoms with Crippen molar-refractivity contribution in [2.24, 2.45) is 0 Å². The van der Waals surface area contributed by atoms with E-state index in [1.54, 1.807) is 11.3 Å². The van der Waals surface area contributed by atoms with Crippen LogP contribution in [0.2, 0.25) is 0 Å². The number of carbonyl (C=O) groups excluding carboxylic acids is 1. The van der Waals surface area contributed by atoms with Crippen LogP contribution in [0.25, 0.3) is 11.5 Å². The fraction of sp³-hybridized carbons (Fsp3) is 0.333. The number of hydrogen-bond donors (Lipinski definition) is 0. The van der Waals surface area contributed by atoms with E-state index in [4.69, 9.17) is 4.42 Å². The molecule has 0 amide bonds. The molecule has 0 fully saturated rings. The number of rotatable bonds is 4. The normalized spacial score (nSPS) is 10.5. The predicted octanol–water partition coefficient (Wildman–Crippen LogP) is 3.14. The van der Waals surface area contributed by atoms with Crippen molar-refractivity contribution in [2.45, 2.75) is 19.8 Å². The minimum absolute atomic E-state index is 0.218. The quantitative estimate of drug-likeness (QED) is 0.783. The summed E-state index contributed by atoms with van der Waals surface area (Å²) in [6, 6.07) is 1.91. The first-order valence-corrected chi connectivity index (χ1v) is 6.31. The van der Waals surface area contributed by atoms with Crippen LogP contribution in [0.15, 0.2) is 21.2 Å². The van der Waals surface area contributed by atoms with E-state index in [0.717, 1.165) is 12.0 Å². The maximum absolute atomic E-state index is 11.5. The Morgan fingerprint density at radius 1 is 1.59 bits per heavy atom. The van der Waals surface area contributed by atoms with E-state index in [2.05, 4.69) is 9.72 Å². The molecule has 0 atom stereocenters. The molecule has 0 N–H and O–H groups in total. The second-order valence-electron chi connectivity index (χ2n) is 3.55. The van der Waals surface area contributed by atoms with Crippen molar-refractivity contribution in [2.75, 3.05) is 7.11 Å². The number of carbonyl (C=O) groups is 1. The van der Waals surface area contributed by atoms with Gasteiger partial charge in [-0.1, -0.05) is 13.3 Å². The summed E-state index contributed by atoms with van der Waals surface area (Å²) in [5.41, 5.74) is 1.56. The highest BCUT2D eigenvalue weighted by Gasteiger charge is 2.20. The van der Waals surface area contributed by atoms with Crippen LogP contribution in [-0.4, -0.2) is 18.1 Å². The molecule has 0 aromatic carbocycles. The van der Waals surface area contributed by atoms with Crippen molar-refractivity contribution in [3.8, 4) is 11.5 Å². The van der Waals surface area contributed by atoms with Crippen LogP contribution in [0.4, 0.5) is 0 Å². The second kappa shape index (κ2) is 5.14. The molecule has 17 heavy (non-hydrogen) atoms. The van der Waals surface area contributed by atoms with E-state index in [-0.39, 0.29) is 5.76 Å². The van der Waals surface area contributed by atoms with Crippen LogP contribution in [0.3, 0.4) is 0 Å². The molecule has 0 saturated heterocycles. The highest BCUT2D eigenvalue weighted by Crippen LogP contribution is 2.25. The Morgan fingerprint density at radius 3 is 3.00 bits per heavy atom. The molecule has 2 aromatic heterocycles. The van der Waals surface area contributed by atoms with Crippen LogP contribution in [0, 0.1) is 0 Å². The number of hydrogen-bond acceptors (Lipinski definition) is 5. The van der Waals surface area contributed by atoms with Gasteiger partial charge in [0.05, 0.1) is 12.8 Å². The third-order valence-electron chi connectivity index (χ3n) is 2.32. The number of nitrogens with zero attached hydrogens (tertiary/aromatic N) is 1. The van der Waals surface area contributed by atoms with E-state index < -0.39 is 5.97 Å². The maximum Gasteiger partial charge on any atom is 0.376 e. The lowest BCUT2D eigenvalue weighted by atomic mass is 10.2. The molecule has 0 spiro atoms. The molecule has 2 heterocycles. The molecule has 0 radical (unpaired) electrons. The predicted molar refractivity (Wildman–Crippen MR) is 65.2 cm³/mol. The summed E-state index contributed by atoms with van der Waals surface area (Å²) >= 11 is 1.56. The van der Waals surface area contributed by atoms with Crippen LogP contribution >= 0.6 is 11.3 Å². The van der Waals surface area contributed by atoms with E-state index in [0.29, 0.717) is 18.0 Å². The molecule has 90 valence electrons. The Kier molecular flexibility index (Phi) is 3.58. The summed E-state index contributed by atoms with van der Waals surface area (Å²) < 4.78 is 10.2. The zero-order chi connectivity index (χ0) is 12.3. The molecule has 0 bridgehead atoms. The van der Waals surface area contributed by atoms with Gasteiger partial charge in [0.15, 0.2) is 0 Å². The van der Waals surface area contributed by atoms with Gasteiger partial charge in [0, 0.05) is 10.9 Å². The number of aryl methyl sites for hydroxylation is 1. The highest BCUT2D eigenvalue weighted by atomic mass is 32.1. The van der Waals surface area contributed by atoms with Crippen molar-refractivity contribution < 1.29 is 13.9 Å². The van der Waals surface area contributed by atoms with Crippen molar-refractivity contribution in [3.63, 3.8) is 0 Å². The number of esters is 1. The van der Waals surface area contributed by atoms with Crippen LogP contribution in [0.5, 0.6) is 0 Å². The third kappa shape index (κ3) is 2.39. The van der Waals surface area contributed by atoms with Gasteiger partial charge in [0.25, 0.3) is 0 Å². The largest absolute Gasteiger partial charge is 0.463 e. The fourth-order valence-corrected chi connectivity index (χ4v) is 2.15. The summed E-state index contributed by atoms with van der Waals surface area (Å²) in [6.07, 6.45) is 1.61. The summed E-state index contributed by atoms with van der Waals surface area (Å²) in [4.78, 5) is 15.9. The zero-order valence-corrected chi connectivity index (χ0v) is 10.5. The van der Waals surface area contributed by atoms with Gasteiger partial charge in [-0.05, 0) is 17.9 Å². The lowest BCUT2D eigenvalue weighted by Crippen LogP contribution is -2.03. The van der Waals surface area contributed by atoms with Crippen molar-refractivity contribution in [1.29, 1.82) is 0 Å². The van der Waals surface area contributed by atoms with E-state index in [1.807, 2.05) is 23.8 Å². The number of ether oxygens (including phenoxy) is 1. The van der Waals surface area contributed by atoms with Gasteiger partial charge in [-0.25, -0.2) is 9.78 Å². The van der Waals surface area contributed by atoms with Gasteiger partial charge in [-0.3, -0.25) is 0 Å². The van der Waals surface area contributed by atoms with Gasteiger partial charge in [0.1, 0.15) is 0 Å². The standard InChI is InChI=1S/C12H13NO3S/c1-3-4-9-10(12(14)15-2)16-11(13-9)8-5-6-17-7-8/h5-7H,3-4H2,1-2H3. The number of aromatic nitrogens is 1. The monoisotopic (exact) mass is 251 g/mol. The highest BCUT2D eigenvalue weighted by molar-refractivity contribution is 7.08. The van der Waals surface area contributed by atoms with Crippen molar-refractivity contribution >= 4 is 17.3 Å². The molecule has 5 heteroatoms. The van der Waals surface area contributed by atoms with Gasteiger partial charge in [0.2, 0.25) is 11.7 Å². The van der Waals surface area contributed by atoms with Gasteiger partial charge in [-0.15, -0.1) is 0 Å². The van der Waals surface area contributed by atoms with Gasteiger partial charge < -0.3 is 9.15 Å². The Balaban J connectivity index is 2.40. The maximum atomic E-state index is 11.5. The van der Waals surface area contributed by atoms with Gasteiger partial charge >= 0.3 is 5.97 Å². The lowest BCUT2D eigenvalue weighted by Gasteiger charge is -1.96. The second-order valence-corrected chi connectivity index (χ2v) is 4.33. The fourth-order valence-electron chi connectivity index (χ4n) is 1.52. The first kappa shape index (κ1) is 11.9. The molecule has 0 unspecified atom stereocenters.